The van der Waals surface area contributed by atoms with E-state index in [1.807, 2.05) is 36.4 Å². The van der Waals surface area contributed by atoms with Crippen molar-refractivity contribution >= 4 is 22.2 Å². The van der Waals surface area contributed by atoms with Crippen molar-refractivity contribution in [1.82, 2.24) is 9.97 Å². The summed E-state index contributed by atoms with van der Waals surface area (Å²) in [5.41, 5.74) is 5.12. The average molecular weight is 516 g/mol. The average Bonchev–Trinajstić information content (AvgIpc) is 3.43. The molecule has 0 N–H and O–H groups in total. The van der Waals surface area contributed by atoms with Gasteiger partial charge in [-0.25, -0.2) is 0 Å². The van der Waals surface area contributed by atoms with Crippen LogP contribution in [-0.2, 0) is 17.5 Å². The minimum absolute atomic E-state index is 0.0307. The Labute approximate surface area is 215 Å². The highest BCUT2D eigenvalue weighted by molar-refractivity contribution is 7.09. The van der Waals surface area contributed by atoms with Crippen molar-refractivity contribution in [3.63, 3.8) is 0 Å². The zero-order valence-electron chi connectivity index (χ0n) is 19.7. The molecule has 0 amide bonds. The number of hydrogen-bond donors (Lipinski definition) is 0. The van der Waals surface area contributed by atoms with Gasteiger partial charge in [-0.1, -0.05) is 42.5 Å². The molecule has 0 aliphatic heterocycles. The van der Waals surface area contributed by atoms with Gasteiger partial charge in [-0.3, -0.25) is 9.97 Å². The summed E-state index contributed by atoms with van der Waals surface area (Å²) in [4.78, 5) is 9.49. The number of para-hydroxylation sites is 1. The molecule has 5 aromatic rings. The summed E-state index contributed by atoms with van der Waals surface area (Å²) in [5, 5.41) is 10.8. The third-order valence-electron chi connectivity index (χ3n) is 6.12. The lowest BCUT2D eigenvalue weighted by atomic mass is 9.94. The summed E-state index contributed by atoms with van der Waals surface area (Å²) in [6, 6.07) is 21.5. The van der Waals surface area contributed by atoms with Gasteiger partial charge < -0.3 is 4.74 Å². The van der Waals surface area contributed by atoms with Crippen molar-refractivity contribution < 1.29 is 17.9 Å². The van der Waals surface area contributed by atoms with Gasteiger partial charge in [0.15, 0.2) is 0 Å². The maximum Gasteiger partial charge on any atom is 0.416 e. The number of pyridine rings is 1. The number of nitriles is 1. The smallest absolute Gasteiger partial charge is 0.363 e. The number of hydrogen-bond acceptors (Lipinski definition) is 5. The number of fused-ring (bicyclic) bond motifs is 1. The van der Waals surface area contributed by atoms with E-state index in [-0.39, 0.29) is 12.2 Å². The lowest BCUT2D eigenvalue weighted by Crippen LogP contribution is -2.10. The summed E-state index contributed by atoms with van der Waals surface area (Å²) in [6.45, 7) is 1.41. The van der Waals surface area contributed by atoms with E-state index in [9.17, 15) is 18.4 Å². The highest BCUT2D eigenvalue weighted by Crippen LogP contribution is 2.37. The van der Waals surface area contributed by atoms with Crippen LogP contribution in [0.25, 0.3) is 22.0 Å². The molecule has 0 aliphatic carbocycles. The van der Waals surface area contributed by atoms with Gasteiger partial charge in [-0.15, -0.1) is 11.3 Å². The number of rotatable bonds is 6. The summed E-state index contributed by atoms with van der Waals surface area (Å²) in [5.74, 6) is 0. The predicted octanol–water partition coefficient (Wildman–Crippen LogP) is 7.86. The zero-order chi connectivity index (χ0) is 26.0. The minimum Gasteiger partial charge on any atom is -0.363 e. The van der Waals surface area contributed by atoms with E-state index in [1.165, 1.54) is 24.3 Å². The molecule has 0 saturated carbocycles. The Hall–Kier alpha value is -4.06. The number of ether oxygens (including phenoxy) is 1. The number of halogens is 3. The summed E-state index contributed by atoms with van der Waals surface area (Å²) in [6.07, 6.45) is -1.63. The first-order valence-corrected chi connectivity index (χ1v) is 12.3. The Kier molecular flexibility index (Phi) is 6.74. The highest BCUT2D eigenvalue weighted by atomic mass is 32.1. The first kappa shape index (κ1) is 24.6. The molecule has 4 nitrogen and oxygen atoms in total. The molecule has 3 aromatic carbocycles. The molecule has 2 aromatic heterocycles. The first-order valence-electron chi connectivity index (χ1n) is 11.4. The number of alkyl halides is 3. The van der Waals surface area contributed by atoms with Crippen LogP contribution in [-0.4, -0.2) is 9.97 Å². The largest absolute Gasteiger partial charge is 0.416 e. The summed E-state index contributed by atoms with van der Waals surface area (Å²) in [7, 11) is 0. The standard InChI is InChI=1S/C29H20F3N3OS/c1-18-7-8-19(12-25(18)29(30,31)32)16-36-28(26-15-34-17-37-26)21-9-10-22(14-33)24(13-21)23-6-2-4-20-5-3-11-35-27(20)23/h2-13,15,17,28H,16H2,1H3. The van der Waals surface area contributed by atoms with Crippen LogP contribution in [0.15, 0.2) is 84.6 Å². The molecule has 2 heterocycles. The molecule has 8 heteroatoms. The van der Waals surface area contributed by atoms with Crippen molar-refractivity contribution in [2.24, 2.45) is 0 Å². The molecule has 0 bridgehead atoms. The van der Waals surface area contributed by atoms with E-state index >= 15 is 0 Å². The molecule has 0 fully saturated rings. The monoisotopic (exact) mass is 515 g/mol. The van der Waals surface area contributed by atoms with E-state index in [1.54, 1.807) is 36.1 Å². The van der Waals surface area contributed by atoms with Gasteiger partial charge in [0.25, 0.3) is 0 Å². The van der Waals surface area contributed by atoms with E-state index in [4.69, 9.17) is 4.74 Å². The van der Waals surface area contributed by atoms with Crippen molar-refractivity contribution in [2.75, 3.05) is 0 Å². The molecule has 1 unspecified atom stereocenters. The Morgan fingerprint density at radius 1 is 1.03 bits per heavy atom. The van der Waals surface area contributed by atoms with E-state index in [2.05, 4.69) is 16.0 Å². The molecule has 1 atom stereocenters. The fourth-order valence-corrected chi connectivity index (χ4v) is 5.00. The Balaban J connectivity index is 1.55. The van der Waals surface area contributed by atoms with Gasteiger partial charge >= 0.3 is 6.18 Å². The number of aryl methyl sites for hydroxylation is 1. The number of nitrogens with zero attached hydrogens (tertiary/aromatic N) is 3. The van der Waals surface area contributed by atoms with Gasteiger partial charge in [-0.05, 0) is 47.9 Å². The second-order valence-electron chi connectivity index (χ2n) is 8.54. The lowest BCUT2D eigenvalue weighted by Gasteiger charge is -2.19. The number of thiazole rings is 1. The van der Waals surface area contributed by atoms with Gasteiger partial charge in [0.2, 0.25) is 0 Å². The minimum atomic E-state index is -4.44. The fourth-order valence-electron chi connectivity index (χ4n) is 4.31. The van der Waals surface area contributed by atoms with Gasteiger partial charge in [-0.2, -0.15) is 18.4 Å². The van der Waals surface area contributed by atoms with Crippen LogP contribution in [0.2, 0.25) is 0 Å². The maximum atomic E-state index is 13.4. The molecule has 37 heavy (non-hydrogen) atoms. The second-order valence-corrected chi connectivity index (χ2v) is 9.46. The van der Waals surface area contributed by atoms with Crippen LogP contribution < -0.4 is 0 Å². The zero-order valence-corrected chi connectivity index (χ0v) is 20.5. The van der Waals surface area contributed by atoms with Crippen molar-refractivity contribution in [3.05, 3.63) is 117 Å². The van der Waals surface area contributed by atoms with Gasteiger partial charge in [0.1, 0.15) is 6.10 Å². The molecule has 0 spiro atoms. The topological polar surface area (TPSA) is 58.8 Å². The highest BCUT2D eigenvalue weighted by Gasteiger charge is 2.32. The maximum absolute atomic E-state index is 13.4. The third-order valence-corrected chi connectivity index (χ3v) is 6.94. The Morgan fingerprint density at radius 3 is 2.62 bits per heavy atom. The normalized spacial score (nSPS) is 12.4. The molecule has 5 rings (SSSR count). The van der Waals surface area contributed by atoms with Crippen molar-refractivity contribution in [1.29, 1.82) is 5.26 Å². The van der Waals surface area contributed by atoms with Crippen molar-refractivity contribution in [2.45, 2.75) is 25.8 Å². The summed E-state index contributed by atoms with van der Waals surface area (Å²) >= 11 is 1.39. The van der Waals surface area contributed by atoms with Crippen LogP contribution in [0.4, 0.5) is 13.2 Å². The SMILES string of the molecule is Cc1ccc(COC(c2ccc(C#N)c(-c3cccc4cccnc34)c2)c2cncs2)cc1C(F)(F)F. The van der Waals surface area contributed by atoms with E-state index in [0.717, 1.165) is 33.0 Å². The first-order chi connectivity index (χ1) is 17.8. The fraction of sp³-hybridized carbons (Fsp3) is 0.138. The molecular weight excluding hydrogens is 495 g/mol. The Bertz CT molecular complexity index is 1600. The van der Waals surface area contributed by atoms with E-state index in [0.29, 0.717) is 16.7 Å². The van der Waals surface area contributed by atoms with Crippen LogP contribution in [0.5, 0.6) is 0 Å². The quantitative estimate of drug-likeness (QED) is 0.231. The predicted molar refractivity (Wildman–Crippen MR) is 137 cm³/mol. The number of aromatic nitrogens is 2. The molecular formula is C29H20F3N3OS. The van der Waals surface area contributed by atoms with Crippen LogP contribution >= 0.6 is 11.3 Å². The second kappa shape index (κ2) is 10.1. The lowest BCUT2D eigenvalue weighted by molar-refractivity contribution is -0.138. The third kappa shape index (κ3) is 5.10. The van der Waals surface area contributed by atoms with Crippen molar-refractivity contribution in [3.8, 4) is 17.2 Å². The molecule has 0 aliphatic rings. The summed E-state index contributed by atoms with van der Waals surface area (Å²) < 4.78 is 46.5. The van der Waals surface area contributed by atoms with Crippen LogP contribution in [0.1, 0.15) is 38.8 Å². The van der Waals surface area contributed by atoms with E-state index < -0.39 is 17.8 Å². The van der Waals surface area contributed by atoms with Gasteiger partial charge in [0, 0.05) is 28.9 Å². The molecule has 0 saturated heterocycles. The Morgan fingerprint density at radius 2 is 1.86 bits per heavy atom. The van der Waals surface area contributed by atoms with Crippen LogP contribution in [0.3, 0.4) is 0 Å². The molecule has 184 valence electrons. The molecule has 0 radical (unpaired) electrons. The van der Waals surface area contributed by atoms with Crippen LogP contribution in [0, 0.1) is 18.3 Å². The van der Waals surface area contributed by atoms with Gasteiger partial charge in [0.05, 0.1) is 39.7 Å². The number of benzene rings is 3.